The maximum absolute atomic E-state index is 9.85. The first-order chi connectivity index (χ1) is 5.74. The number of rotatable bonds is 3. The zero-order valence-corrected chi connectivity index (χ0v) is 7.39. The number of benzene rings is 1. The molecule has 1 aromatic carbocycles. The lowest BCUT2D eigenvalue weighted by Crippen LogP contribution is -1.97. The van der Waals surface area contributed by atoms with Crippen LogP contribution in [0.15, 0.2) is 18.2 Å². The van der Waals surface area contributed by atoms with Crippen LogP contribution in [0, 0.1) is 6.92 Å². The van der Waals surface area contributed by atoms with E-state index in [1.165, 1.54) is 0 Å². The lowest BCUT2D eigenvalue weighted by atomic mass is 10.2. The molecule has 3 heteroatoms. The molecule has 12 heavy (non-hydrogen) atoms. The molecule has 63 valence electrons. The van der Waals surface area contributed by atoms with Crippen molar-refractivity contribution < 1.29 is 9.53 Å². The Balaban J connectivity index is 2.75. The van der Waals surface area contributed by atoms with Gasteiger partial charge in [-0.1, -0.05) is 17.7 Å². The van der Waals surface area contributed by atoms with Gasteiger partial charge in [-0.05, 0) is 24.6 Å². The highest BCUT2D eigenvalue weighted by Crippen LogP contribution is 2.21. The molecule has 0 heterocycles. The average Bonchev–Trinajstić information content (AvgIpc) is 2.07. The van der Waals surface area contributed by atoms with Gasteiger partial charge in [-0.15, -0.1) is 0 Å². The molecule has 0 N–H and O–H groups in total. The molecule has 0 fully saturated rings. The van der Waals surface area contributed by atoms with E-state index in [9.17, 15) is 4.79 Å². The summed E-state index contributed by atoms with van der Waals surface area (Å²) in [5.41, 5.74) is 0.985. The molecule has 0 saturated carbocycles. The van der Waals surface area contributed by atoms with Crippen LogP contribution in [0.25, 0.3) is 0 Å². The molecule has 1 aromatic rings. The number of aryl methyl sites for hydroxylation is 1. The van der Waals surface area contributed by atoms with Gasteiger partial charge in [0.05, 0.1) is 0 Å². The Morgan fingerprint density at radius 1 is 1.58 bits per heavy atom. The van der Waals surface area contributed by atoms with E-state index in [4.69, 9.17) is 16.3 Å². The van der Waals surface area contributed by atoms with Gasteiger partial charge < -0.3 is 4.74 Å². The fraction of sp³-hybridized carbons (Fsp3) is 0.222. The van der Waals surface area contributed by atoms with Gasteiger partial charge in [0.2, 0.25) is 6.29 Å². The van der Waals surface area contributed by atoms with Crippen LogP contribution in [0.2, 0.25) is 5.02 Å². The first-order valence-corrected chi connectivity index (χ1v) is 3.86. The van der Waals surface area contributed by atoms with Crippen LogP contribution in [-0.4, -0.2) is 12.9 Å². The van der Waals surface area contributed by atoms with Crippen molar-refractivity contribution in [2.45, 2.75) is 6.92 Å². The molecule has 1 rings (SSSR count). The number of halogens is 1. The van der Waals surface area contributed by atoms with Gasteiger partial charge in [0, 0.05) is 5.02 Å². The van der Waals surface area contributed by atoms with Crippen molar-refractivity contribution in [1.82, 2.24) is 0 Å². The van der Waals surface area contributed by atoms with Gasteiger partial charge in [-0.3, -0.25) is 4.79 Å². The molecule has 0 bridgehead atoms. The van der Waals surface area contributed by atoms with Crippen molar-refractivity contribution in [3.63, 3.8) is 0 Å². The molecule has 0 aliphatic rings. The Kier molecular flexibility index (Phi) is 3.11. The van der Waals surface area contributed by atoms with Crippen LogP contribution in [-0.2, 0) is 4.79 Å². The van der Waals surface area contributed by atoms with Crippen LogP contribution in [0.1, 0.15) is 5.56 Å². The Hall–Kier alpha value is -1.02. The summed E-state index contributed by atoms with van der Waals surface area (Å²) in [6, 6.07) is 5.27. The van der Waals surface area contributed by atoms with E-state index in [1.807, 2.05) is 13.0 Å². The van der Waals surface area contributed by atoms with E-state index in [-0.39, 0.29) is 6.61 Å². The number of ether oxygens (including phenoxy) is 1. The predicted octanol–water partition coefficient (Wildman–Crippen LogP) is 2.14. The number of hydrogen-bond donors (Lipinski definition) is 0. The van der Waals surface area contributed by atoms with E-state index >= 15 is 0 Å². The van der Waals surface area contributed by atoms with Crippen LogP contribution in [0.4, 0.5) is 0 Å². The van der Waals surface area contributed by atoms with Gasteiger partial charge in [0.25, 0.3) is 0 Å². The second-order valence-electron chi connectivity index (χ2n) is 2.34. The summed E-state index contributed by atoms with van der Waals surface area (Å²) < 4.78 is 4.98. The van der Waals surface area contributed by atoms with E-state index < -0.39 is 0 Å². The summed E-state index contributed by atoms with van der Waals surface area (Å²) in [5.74, 6) is 0.592. The molecule has 0 spiro atoms. The summed E-state index contributed by atoms with van der Waals surface area (Å²) in [4.78, 5) is 9.85. The fourth-order valence-corrected chi connectivity index (χ4v) is 0.947. The third-order valence-electron chi connectivity index (χ3n) is 1.44. The van der Waals surface area contributed by atoms with E-state index in [1.54, 1.807) is 18.4 Å². The molecule has 0 atom stereocenters. The van der Waals surface area contributed by atoms with Crippen molar-refractivity contribution >= 4 is 17.9 Å². The third-order valence-corrected chi connectivity index (χ3v) is 1.85. The quantitative estimate of drug-likeness (QED) is 0.718. The molecular formula is C9H8ClO2. The lowest BCUT2D eigenvalue weighted by molar-refractivity contribution is 0.365. The summed E-state index contributed by atoms with van der Waals surface area (Å²) in [7, 11) is 0. The SMILES string of the molecule is Cc1ccc(OC[C]=O)cc1Cl. The van der Waals surface area contributed by atoms with Gasteiger partial charge in [0.1, 0.15) is 5.75 Å². The molecule has 0 aromatic heterocycles. The van der Waals surface area contributed by atoms with Gasteiger partial charge in [0.15, 0.2) is 6.61 Å². The Morgan fingerprint density at radius 3 is 2.92 bits per heavy atom. The Labute approximate surface area is 76.1 Å². The molecular weight excluding hydrogens is 176 g/mol. The van der Waals surface area contributed by atoms with Crippen LogP contribution in [0.5, 0.6) is 5.75 Å². The zero-order valence-electron chi connectivity index (χ0n) is 6.63. The van der Waals surface area contributed by atoms with Crippen LogP contribution < -0.4 is 4.74 Å². The van der Waals surface area contributed by atoms with Crippen molar-refractivity contribution in [3.05, 3.63) is 28.8 Å². The summed E-state index contributed by atoms with van der Waals surface area (Å²) >= 11 is 5.81. The van der Waals surface area contributed by atoms with Crippen LogP contribution >= 0.6 is 11.6 Å². The zero-order chi connectivity index (χ0) is 8.97. The predicted molar refractivity (Wildman–Crippen MR) is 47.4 cm³/mol. The molecule has 2 nitrogen and oxygen atoms in total. The largest absolute Gasteiger partial charge is 0.485 e. The fourth-order valence-electron chi connectivity index (χ4n) is 0.776. The number of carbonyl (C=O) groups excluding carboxylic acids is 1. The smallest absolute Gasteiger partial charge is 0.239 e. The minimum atomic E-state index is -0.0562. The Morgan fingerprint density at radius 2 is 2.33 bits per heavy atom. The molecule has 1 radical (unpaired) electrons. The third kappa shape index (κ3) is 2.24. The van der Waals surface area contributed by atoms with E-state index in [2.05, 4.69) is 0 Å². The monoisotopic (exact) mass is 183 g/mol. The maximum Gasteiger partial charge on any atom is 0.239 e. The number of hydrogen-bond acceptors (Lipinski definition) is 2. The Bertz CT molecular complexity index is 284. The minimum absolute atomic E-state index is 0.0562. The highest BCUT2D eigenvalue weighted by atomic mass is 35.5. The molecule has 0 aliphatic heterocycles. The molecule has 0 saturated heterocycles. The van der Waals surface area contributed by atoms with Gasteiger partial charge in [-0.25, -0.2) is 0 Å². The topological polar surface area (TPSA) is 26.3 Å². The van der Waals surface area contributed by atoms with E-state index in [0.29, 0.717) is 10.8 Å². The summed E-state index contributed by atoms with van der Waals surface area (Å²) in [6.45, 7) is 1.84. The van der Waals surface area contributed by atoms with Crippen molar-refractivity contribution in [1.29, 1.82) is 0 Å². The molecule has 0 amide bonds. The second kappa shape index (κ2) is 4.12. The van der Waals surface area contributed by atoms with Crippen molar-refractivity contribution in [2.75, 3.05) is 6.61 Å². The van der Waals surface area contributed by atoms with E-state index in [0.717, 1.165) is 5.56 Å². The highest BCUT2D eigenvalue weighted by Gasteiger charge is 1.97. The first-order valence-electron chi connectivity index (χ1n) is 3.48. The van der Waals surface area contributed by atoms with Gasteiger partial charge in [-0.2, -0.15) is 0 Å². The highest BCUT2D eigenvalue weighted by molar-refractivity contribution is 6.31. The summed E-state index contributed by atoms with van der Waals surface area (Å²) in [5, 5.41) is 0.637. The minimum Gasteiger partial charge on any atom is -0.485 e. The summed E-state index contributed by atoms with van der Waals surface area (Å²) in [6.07, 6.45) is 1.63. The normalized spacial score (nSPS) is 9.50. The van der Waals surface area contributed by atoms with Crippen molar-refractivity contribution in [2.24, 2.45) is 0 Å². The van der Waals surface area contributed by atoms with Crippen molar-refractivity contribution in [3.8, 4) is 5.75 Å². The van der Waals surface area contributed by atoms with Gasteiger partial charge >= 0.3 is 0 Å². The standard InChI is InChI=1S/C9H8ClO2/c1-7-2-3-8(6-9(7)10)12-5-4-11/h2-3,6H,5H2,1H3. The average molecular weight is 184 g/mol. The lowest BCUT2D eigenvalue weighted by Gasteiger charge is -2.03. The van der Waals surface area contributed by atoms with Crippen LogP contribution in [0.3, 0.4) is 0 Å². The molecule has 0 unspecified atom stereocenters. The first kappa shape index (κ1) is 9.07. The molecule has 0 aliphatic carbocycles. The maximum atomic E-state index is 9.85. The second-order valence-corrected chi connectivity index (χ2v) is 2.75.